The molecule has 24 heavy (non-hydrogen) atoms. The van der Waals surface area contributed by atoms with Gasteiger partial charge in [-0.05, 0) is 19.7 Å². The van der Waals surface area contributed by atoms with Gasteiger partial charge in [-0.1, -0.05) is 74.0 Å². The highest BCUT2D eigenvalue weighted by Gasteiger charge is 2.00. The molecule has 148 valence electrons. The molecule has 1 unspecified atom stereocenters. The predicted octanol–water partition coefficient (Wildman–Crippen LogP) is 2.75. The van der Waals surface area contributed by atoms with Gasteiger partial charge in [0.2, 0.25) is 0 Å². The van der Waals surface area contributed by atoms with Crippen molar-refractivity contribution in [1.82, 2.24) is 0 Å². The summed E-state index contributed by atoms with van der Waals surface area (Å²) in [4.78, 5) is 1.34. The molecule has 0 aliphatic rings. The Kier molecular flexibility index (Phi) is 62.8. The third-order valence-electron chi connectivity index (χ3n) is 1.89. The number of halogens is 1. The Morgan fingerprint density at radius 1 is 0.833 bits per heavy atom. The first-order valence-corrected chi connectivity index (χ1v) is 10.3. The second-order valence-electron chi connectivity index (χ2n) is 3.73. The van der Waals surface area contributed by atoms with Gasteiger partial charge in [0.1, 0.15) is 13.1 Å². The lowest BCUT2D eigenvalue weighted by Crippen LogP contribution is -3.08. The largest absolute Gasteiger partial charge is 0.397 e. The molecule has 0 bridgehead atoms. The molecular formula is C19H43BrNO3+. The summed E-state index contributed by atoms with van der Waals surface area (Å²) in [7, 11) is 2.09. The van der Waals surface area contributed by atoms with Gasteiger partial charge in [-0.3, -0.25) is 0 Å². The average Bonchev–Trinajstić information content (AvgIpc) is 2.63. The van der Waals surface area contributed by atoms with Gasteiger partial charge >= 0.3 is 0 Å². The molecule has 0 radical (unpaired) electrons. The van der Waals surface area contributed by atoms with E-state index in [-0.39, 0.29) is 19.8 Å². The van der Waals surface area contributed by atoms with E-state index in [1.54, 1.807) is 13.8 Å². The van der Waals surface area contributed by atoms with Crippen molar-refractivity contribution in [1.29, 1.82) is 0 Å². The molecule has 0 spiro atoms. The number of benzene rings is 1. The second-order valence-corrected chi connectivity index (χ2v) is 3.73. The van der Waals surface area contributed by atoms with Crippen LogP contribution in [-0.2, 0) is 6.54 Å². The summed E-state index contributed by atoms with van der Waals surface area (Å²) in [5.41, 5.74) is 1.32. The average molecular weight is 413 g/mol. The Labute approximate surface area is 159 Å². The van der Waals surface area contributed by atoms with E-state index in [4.69, 9.17) is 15.3 Å². The highest BCUT2D eigenvalue weighted by molar-refractivity contribution is 9.08. The minimum atomic E-state index is 0.250. The lowest BCUT2D eigenvalue weighted by atomic mass is 10.2. The lowest BCUT2D eigenvalue weighted by molar-refractivity contribution is -0.894. The molecule has 0 aliphatic carbocycles. The zero-order valence-corrected chi connectivity index (χ0v) is 18.7. The molecule has 0 fully saturated rings. The molecule has 0 saturated carbocycles. The Morgan fingerprint density at radius 2 is 1.17 bits per heavy atom. The first-order chi connectivity index (χ1) is 11.7. The maximum absolute atomic E-state index is 8.69. The molecule has 0 aromatic heterocycles. The number of aliphatic hydroxyl groups is 3. The number of hydrogen-bond acceptors (Lipinski definition) is 3. The smallest absolute Gasteiger partial charge is 0.103 e. The Balaban J connectivity index is -0.0000000840. The molecule has 1 aromatic rings. The quantitative estimate of drug-likeness (QED) is 0.574. The maximum Gasteiger partial charge on any atom is 0.103 e. The first-order valence-electron chi connectivity index (χ1n) is 8.71. The summed E-state index contributed by atoms with van der Waals surface area (Å²) in [5, 5.41) is 23.8. The maximum atomic E-state index is 8.69. The second kappa shape index (κ2) is 43.3. The number of alkyl halides is 1. The molecule has 0 aliphatic heterocycles. The van der Waals surface area contributed by atoms with Gasteiger partial charge in [-0.2, -0.15) is 0 Å². The zero-order valence-electron chi connectivity index (χ0n) is 17.1. The van der Waals surface area contributed by atoms with Crippen molar-refractivity contribution in [2.75, 3.05) is 39.2 Å². The van der Waals surface area contributed by atoms with Crippen molar-refractivity contribution >= 4 is 15.9 Å². The predicted molar refractivity (Wildman–Crippen MR) is 112 cm³/mol. The molecule has 4 nitrogen and oxygen atoms in total. The van der Waals surface area contributed by atoms with Crippen LogP contribution < -0.4 is 4.90 Å². The summed E-state index contributed by atoms with van der Waals surface area (Å²) in [5.74, 6) is 1.81. The highest BCUT2D eigenvalue weighted by atomic mass is 79.9. The van der Waals surface area contributed by atoms with E-state index >= 15 is 0 Å². The molecule has 5 heteroatoms. The molecule has 4 N–H and O–H groups in total. The number of likely N-dealkylation sites (N-methyl/N-ethyl adjacent to an activating group) is 1. The van der Waals surface area contributed by atoms with Crippen molar-refractivity contribution in [3.8, 4) is 0 Å². The van der Waals surface area contributed by atoms with Crippen LogP contribution in [0.3, 0.4) is 0 Å². The molecule has 1 aromatic carbocycles. The van der Waals surface area contributed by atoms with Crippen LogP contribution in [0.2, 0.25) is 0 Å². The van der Waals surface area contributed by atoms with Crippen molar-refractivity contribution in [3.05, 3.63) is 35.9 Å². The van der Waals surface area contributed by atoms with Gasteiger partial charge in [0.05, 0.1) is 13.7 Å². The number of quaternary nitrogens is 1. The minimum Gasteiger partial charge on any atom is -0.397 e. The lowest BCUT2D eigenvalue weighted by Gasteiger charge is -2.11. The van der Waals surface area contributed by atoms with E-state index in [9.17, 15) is 0 Å². The fourth-order valence-electron chi connectivity index (χ4n) is 1.22. The Morgan fingerprint density at radius 3 is 1.46 bits per heavy atom. The van der Waals surface area contributed by atoms with Crippen molar-refractivity contribution in [3.63, 3.8) is 0 Å². The van der Waals surface area contributed by atoms with E-state index in [1.165, 1.54) is 10.5 Å². The molecule has 1 atom stereocenters. The number of aliphatic hydroxyl groups excluding tert-OH is 3. The van der Waals surface area contributed by atoms with Gasteiger partial charge in [0, 0.05) is 18.8 Å². The zero-order chi connectivity index (χ0) is 20.2. The van der Waals surface area contributed by atoms with Gasteiger partial charge < -0.3 is 20.2 Å². The Bertz CT molecular complexity index is 248. The van der Waals surface area contributed by atoms with Crippen LogP contribution in [0, 0.1) is 0 Å². The topological polar surface area (TPSA) is 65.1 Å². The van der Waals surface area contributed by atoms with Gasteiger partial charge in [0.25, 0.3) is 0 Å². The summed E-state index contributed by atoms with van der Waals surface area (Å²) in [6.07, 6.45) is 0. The van der Waals surface area contributed by atoms with Crippen LogP contribution in [0.4, 0.5) is 0 Å². The summed E-state index contributed by atoms with van der Waals surface area (Å²) in [6.45, 7) is 13.9. The molecule has 0 heterocycles. The van der Waals surface area contributed by atoms with E-state index in [0.717, 1.165) is 13.1 Å². The van der Waals surface area contributed by atoms with E-state index < -0.39 is 0 Å². The highest BCUT2D eigenvalue weighted by Crippen LogP contribution is 1.94. The van der Waals surface area contributed by atoms with Crippen molar-refractivity contribution < 1.29 is 20.2 Å². The van der Waals surface area contributed by atoms with Gasteiger partial charge in [0.15, 0.2) is 0 Å². The van der Waals surface area contributed by atoms with Gasteiger partial charge in [-0.25, -0.2) is 0 Å². The third-order valence-corrected chi connectivity index (χ3v) is 1.89. The van der Waals surface area contributed by atoms with E-state index in [0.29, 0.717) is 0 Å². The molecule has 0 amide bonds. The summed E-state index contributed by atoms with van der Waals surface area (Å²) >= 11 is 2.94. The molecule has 0 saturated heterocycles. The van der Waals surface area contributed by atoms with Crippen LogP contribution in [0.1, 0.15) is 47.1 Å². The SMILES string of the molecule is CBr.CC.CC.CCO.CCO.C[NH+](CCO)Cc1ccccc1. The van der Waals surface area contributed by atoms with Gasteiger partial charge in [-0.15, -0.1) is 0 Å². The van der Waals surface area contributed by atoms with Crippen molar-refractivity contribution in [2.45, 2.75) is 48.1 Å². The van der Waals surface area contributed by atoms with Crippen LogP contribution in [0.5, 0.6) is 0 Å². The first kappa shape index (κ1) is 34.8. The summed E-state index contributed by atoms with van der Waals surface area (Å²) in [6, 6.07) is 10.3. The monoisotopic (exact) mass is 412 g/mol. The number of hydrogen-bond donors (Lipinski definition) is 4. The third kappa shape index (κ3) is 43.0. The van der Waals surface area contributed by atoms with Crippen LogP contribution in [-0.4, -0.2) is 54.6 Å². The molecular weight excluding hydrogens is 370 g/mol. The van der Waals surface area contributed by atoms with Crippen molar-refractivity contribution in [2.24, 2.45) is 0 Å². The summed E-state index contributed by atoms with van der Waals surface area (Å²) < 4.78 is 0. The van der Waals surface area contributed by atoms with Crippen LogP contribution >= 0.6 is 15.9 Å². The molecule has 1 rings (SSSR count). The van der Waals surface area contributed by atoms with E-state index in [2.05, 4.69) is 35.1 Å². The fourth-order valence-corrected chi connectivity index (χ4v) is 1.22. The van der Waals surface area contributed by atoms with Crippen LogP contribution in [0.15, 0.2) is 30.3 Å². The normalized spacial score (nSPS) is 8.67. The number of nitrogens with one attached hydrogen (secondary N) is 1. The standard InChI is InChI=1S/C10H15NO.2C2H6O.2C2H6.CH3Br/c1-11(7-8-12)9-10-5-3-2-4-6-10;2*1-2-3;3*1-2/h2-6,12H,7-9H2,1H3;2*3H,2H2,1H3;2*1-2H3;1H3/p+1. The minimum absolute atomic E-state index is 0.250. The van der Waals surface area contributed by atoms with Crippen LogP contribution in [0.25, 0.3) is 0 Å². The fraction of sp³-hybridized carbons (Fsp3) is 0.684. The van der Waals surface area contributed by atoms with E-state index in [1.807, 2.05) is 51.7 Å². The Hall–Kier alpha value is -0.460. The number of rotatable bonds is 4.